The number of benzene rings is 1. The third-order valence-electron chi connectivity index (χ3n) is 4.83. The molecule has 196 valence electrons. The molecule has 0 radical (unpaired) electrons. The van der Waals surface area contributed by atoms with Gasteiger partial charge < -0.3 is 20.1 Å². The number of nitrogens with one attached hydrogen (secondary N) is 2. The summed E-state index contributed by atoms with van der Waals surface area (Å²) in [7, 11) is 0. The Morgan fingerprint density at radius 3 is 2.32 bits per heavy atom. The van der Waals surface area contributed by atoms with Crippen LogP contribution >= 0.6 is 34.4 Å². The molecule has 3 rings (SSSR count). The van der Waals surface area contributed by atoms with Crippen molar-refractivity contribution in [1.82, 2.24) is 10.2 Å². The molecule has 0 aliphatic rings. The van der Waals surface area contributed by atoms with E-state index in [-0.39, 0.29) is 41.0 Å². The first-order valence-electron chi connectivity index (χ1n) is 11.4. The van der Waals surface area contributed by atoms with E-state index in [0.717, 1.165) is 40.0 Å². The lowest BCUT2D eigenvalue weighted by molar-refractivity contribution is -0.116. The summed E-state index contributed by atoms with van der Waals surface area (Å²) < 4.78 is 10.7. The second kappa shape index (κ2) is 13.3. The smallest absolute Gasteiger partial charge is 0.348 e. The fourth-order valence-corrected chi connectivity index (χ4v) is 6.12. The summed E-state index contributed by atoms with van der Waals surface area (Å²) in [5.41, 5.74) is 1.39. The summed E-state index contributed by atoms with van der Waals surface area (Å²) in [6.07, 6.45) is 0.207. The number of thioether (sulfide) groups is 1. The zero-order valence-corrected chi connectivity index (χ0v) is 23.1. The van der Waals surface area contributed by atoms with Gasteiger partial charge in [-0.15, -0.1) is 21.5 Å². The summed E-state index contributed by atoms with van der Waals surface area (Å²) in [6.45, 7) is 6.95. The van der Waals surface area contributed by atoms with Crippen molar-refractivity contribution < 1.29 is 28.7 Å². The number of aromatic nitrogens is 2. The van der Waals surface area contributed by atoms with E-state index in [0.29, 0.717) is 15.0 Å². The van der Waals surface area contributed by atoms with E-state index in [1.807, 2.05) is 30.3 Å². The Balaban J connectivity index is 1.66. The van der Waals surface area contributed by atoms with Crippen LogP contribution in [0.4, 0.5) is 10.1 Å². The highest BCUT2D eigenvalue weighted by molar-refractivity contribution is 8.02. The van der Waals surface area contributed by atoms with Gasteiger partial charge in [-0.25, -0.2) is 9.59 Å². The normalized spacial score (nSPS) is 11.5. The van der Waals surface area contributed by atoms with Crippen molar-refractivity contribution in [2.45, 2.75) is 43.7 Å². The highest BCUT2D eigenvalue weighted by Crippen LogP contribution is 2.36. The Morgan fingerprint density at radius 2 is 1.65 bits per heavy atom. The van der Waals surface area contributed by atoms with Crippen LogP contribution < -0.4 is 10.6 Å². The molecule has 10 nitrogen and oxygen atoms in total. The minimum absolute atomic E-state index is 0.125. The fourth-order valence-electron chi connectivity index (χ4n) is 3.11. The topological polar surface area (TPSA) is 137 Å². The monoisotopic (exact) mass is 562 g/mol. The van der Waals surface area contributed by atoms with Gasteiger partial charge in [-0.05, 0) is 38.8 Å². The molecule has 0 aliphatic heterocycles. The Hall–Kier alpha value is -3.29. The molecule has 0 saturated heterocycles. The number of carbonyl (C=O) groups is 4. The van der Waals surface area contributed by atoms with Gasteiger partial charge >= 0.3 is 11.9 Å². The molecule has 1 unspecified atom stereocenters. The van der Waals surface area contributed by atoms with E-state index in [2.05, 4.69) is 20.8 Å². The maximum atomic E-state index is 12.9. The largest absolute Gasteiger partial charge is 0.462 e. The average molecular weight is 563 g/mol. The SMILES string of the molecule is CCOC(=O)c1sc(NC(=O)C(C)Sc2nnc(NC(=O)Cc3ccccc3)s2)c(C(=O)OCC)c1C. The second-order valence-electron chi connectivity index (χ2n) is 7.53. The highest BCUT2D eigenvalue weighted by Gasteiger charge is 2.28. The van der Waals surface area contributed by atoms with Crippen LogP contribution in [-0.4, -0.2) is 52.4 Å². The quantitative estimate of drug-likeness (QED) is 0.196. The van der Waals surface area contributed by atoms with Gasteiger partial charge in [0.1, 0.15) is 9.88 Å². The zero-order chi connectivity index (χ0) is 26.9. The van der Waals surface area contributed by atoms with Gasteiger partial charge in [-0.2, -0.15) is 0 Å². The summed E-state index contributed by atoms with van der Waals surface area (Å²) in [5.74, 6) is -1.84. The number of carbonyl (C=O) groups excluding carboxylic acids is 4. The molecule has 0 saturated carbocycles. The van der Waals surface area contributed by atoms with Crippen molar-refractivity contribution in [3.8, 4) is 0 Å². The molecule has 13 heteroatoms. The van der Waals surface area contributed by atoms with Gasteiger partial charge in [-0.1, -0.05) is 53.4 Å². The highest BCUT2D eigenvalue weighted by atomic mass is 32.2. The first-order valence-corrected chi connectivity index (χ1v) is 13.9. The molecule has 37 heavy (non-hydrogen) atoms. The number of nitrogens with zero attached hydrogens (tertiary/aromatic N) is 2. The minimum Gasteiger partial charge on any atom is -0.462 e. The number of thiophene rings is 1. The fraction of sp³-hybridized carbons (Fsp3) is 0.333. The van der Waals surface area contributed by atoms with Crippen molar-refractivity contribution in [3.05, 3.63) is 51.9 Å². The van der Waals surface area contributed by atoms with Crippen molar-refractivity contribution in [3.63, 3.8) is 0 Å². The van der Waals surface area contributed by atoms with E-state index >= 15 is 0 Å². The molecular weight excluding hydrogens is 536 g/mol. The van der Waals surface area contributed by atoms with Crippen molar-refractivity contribution in [1.29, 1.82) is 0 Å². The number of amides is 2. The molecule has 3 aromatic rings. The molecule has 0 aliphatic carbocycles. The summed E-state index contributed by atoms with van der Waals surface area (Å²) in [4.78, 5) is 50.3. The third-order valence-corrected chi connectivity index (χ3v) is 8.04. The van der Waals surface area contributed by atoms with Crippen LogP contribution in [0.15, 0.2) is 34.7 Å². The average Bonchev–Trinajstić information content (AvgIpc) is 3.43. The lowest BCUT2D eigenvalue weighted by Gasteiger charge is -2.10. The van der Waals surface area contributed by atoms with Crippen molar-refractivity contribution >= 4 is 68.3 Å². The number of hydrogen-bond donors (Lipinski definition) is 2. The predicted molar refractivity (Wildman–Crippen MR) is 144 cm³/mol. The van der Waals surface area contributed by atoms with Crippen LogP contribution in [0, 0.1) is 6.92 Å². The molecule has 2 N–H and O–H groups in total. The van der Waals surface area contributed by atoms with Crippen LogP contribution in [0.5, 0.6) is 0 Å². The van der Waals surface area contributed by atoms with E-state index in [1.165, 1.54) is 0 Å². The first-order chi connectivity index (χ1) is 17.7. The molecule has 2 amide bonds. The molecule has 0 fully saturated rings. The minimum atomic E-state index is -0.637. The van der Waals surface area contributed by atoms with Gasteiger partial charge in [-0.3, -0.25) is 9.59 Å². The Labute approximate surface area is 226 Å². The summed E-state index contributed by atoms with van der Waals surface area (Å²) in [6, 6.07) is 9.32. The zero-order valence-electron chi connectivity index (χ0n) is 20.7. The van der Waals surface area contributed by atoms with Crippen molar-refractivity contribution in [2.24, 2.45) is 0 Å². The Morgan fingerprint density at radius 1 is 0.973 bits per heavy atom. The Kier molecular flexibility index (Phi) is 10.2. The maximum absolute atomic E-state index is 12.9. The number of rotatable bonds is 11. The van der Waals surface area contributed by atoms with E-state index in [9.17, 15) is 19.2 Å². The molecule has 2 heterocycles. The molecule has 2 aromatic heterocycles. The molecule has 1 atom stereocenters. The second-order valence-corrected chi connectivity index (χ2v) is 11.1. The van der Waals surface area contributed by atoms with Crippen LogP contribution in [-0.2, 0) is 25.5 Å². The van der Waals surface area contributed by atoms with Gasteiger partial charge in [0.05, 0.1) is 30.4 Å². The summed E-state index contributed by atoms with van der Waals surface area (Å²) >= 11 is 3.26. The molecule has 0 spiro atoms. The standard InChI is InChI=1S/C24H26N4O6S3/c1-5-33-21(31)17-13(3)18(22(32)34-6-2)36-20(17)26-19(30)14(4)35-24-28-27-23(37-24)25-16(29)12-15-10-8-7-9-11-15/h7-11,14H,5-6,12H2,1-4H3,(H,26,30)(H,25,27,29). The van der Waals surface area contributed by atoms with Crippen LogP contribution in [0.3, 0.4) is 0 Å². The number of hydrogen-bond acceptors (Lipinski definition) is 11. The van der Waals surface area contributed by atoms with Gasteiger partial charge in [0.25, 0.3) is 0 Å². The molecule has 0 bridgehead atoms. The lowest BCUT2D eigenvalue weighted by Crippen LogP contribution is -2.23. The first kappa shape index (κ1) is 28.3. The van der Waals surface area contributed by atoms with E-state index in [1.54, 1.807) is 27.7 Å². The van der Waals surface area contributed by atoms with Gasteiger partial charge in [0.15, 0.2) is 4.34 Å². The predicted octanol–water partition coefficient (Wildman–Crippen LogP) is 4.56. The summed E-state index contributed by atoms with van der Waals surface area (Å²) in [5, 5.41) is 13.4. The van der Waals surface area contributed by atoms with E-state index < -0.39 is 23.1 Å². The van der Waals surface area contributed by atoms with Crippen LogP contribution in [0.25, 0.3) is 0 Å². The third kappa shape index (κ3) is 7.60. The van der Waals surface area contributed by atoms with Crippen LogP contribution in [0.1, 0.15) is 51.9 Å². The number of esters is 2. The molecular formula is C24H26N4O6S3. The number of anilines is 2. The van der Waals surface area contributed by atoms with Gasteiger partial charge in [0, 0.05) is 0 Å². The van der Waals surface area contributed by atoms with Gasteiger partial charge in [0.2, 0.25) is 16.9 Å². The molecule has 1 aromatic carbocycles. The maximum Gasteiger partial charge on any atom is 0.348 e. The number of ether oxygens (including phenoxy) is 2. The lowest BCUT2D eigenvalue weighted by atomic mass is 10.1. The van der Waals surface area contributed by atoms with Crippen molar-refractivity contribution in [2.75, 3.05) is 23.8 Å². The van der Waals surface area contributed by atoms with Crippen LogP contribution in [0.2, 0.25) is 0 Å². The van der Waals surface area contributed by atoms with E-state index in [4.69, 9.17) is 9.47 Å². The Bertz CT molecular complexity index is 1270.